The van der Waals surface area contributed by atoms with Crippen LogP contribution in [0.25, 0.3) is 6.08 Å². The summed E-state index contributed by atoms with van der Waals surface area (Å²) in [6, 6.07) is 13.2. The van der Waals surface area contributed by atoms with E-state index >= 15 is 0 Å². The Kier molecular flexibility index (Phi) is 5.23. The minimum atomic E-state index is -0.527. The fraction of sp³-hybridized carbons (Fsp3) is 0.263. The Morgan fingerprint density at radius 2 is 2.00 bits per heavy atom. The van der Waals surface area contributed by atoms with Crippen LogP contribution in [-0.4, -0.2) is 39.8 Å². The molecule has 1 aromatic heterocycles. The standard InChI is InChI=1S/C19H20N2O3/c22-18-12-17(7-6-15-8-10-20-11-9-15)21(13-18)19(23)24-14-16-4-2-1-3-5-16/h1-11,17-18,22H,12-14H2/b7-6+/t17-,18-/m1/s1. The van der Waals surface area contributed by atoms with Gasteiger partial charge in [0.1, 0.15) is 6.61 Å². The molecule has 0 saturated carbocycles. The number of likely N-dealkylation sites (tertiary alicyclic amines) is 1. The van der Waals surface area contributed by atoms with Crippen molar-refractivity contribution >= 4 is 12.2 Å². The zero-order valence-corrected chi connectivity index (χ0v) is 13.3. The van der Waals surface area contributed by atoms with E-state index in [1.165, 1.54) is 0 Å². The molecule has 5 nitrogen and oxygen atoms in total. The van der Waals surface area contributed by atoms with Crippen LogP contribution in [0.4, 0.5) is 4.79 Å². The van der Waals surface area contributed by atoms with Gasteiger partial charge in [-0.1, -0.05) is 42.5 Å². The van der Waals surface area contributed by atoms with Gasteiger partial charge in [0.2, 0.25) is 0 Å². The monoisotopic (exact) mass is 324 g/mol. The SMILES string of the molecule is O=C(OCc1ccccc1)N1C[C@H](O)C[C@H]1/C=C/c1ccncc1. The molecule has 124 valence electrons. The third-order valence-corrected chi connectivity index (χ3v) is 3.98. The summed E-state index contributed by atoms with van der Waals surface area (Å²) in [4.78, 5) is 17.9. The number of nitrogens with zero attached hydrogens (tertiary/aromatic N) is 2. The van der Waals surface area contributed by atoms with Gasteiger partial charge in [0, 0.05) is 12.4 Å². The minimum Gasteiger partial charge on any atom is -0.445 e. The van der Waals surface area contributed by atoms with Crippen molar-refractivity contribution in [3.63, 3.8) is 0 Å². The zero-order chi connectivity index (χ0) is 16.8. The summed E-state index contributed by atoms with van der Waals surface area (Å²) in [6.07, 6.45) is 6.88. The first-order chi connectivity index (χ1) is 11.7. The van der Waals surface area contributed by atoms with Crippen LogP contribution in [0.5, 0.6) is 0 Å². The molecule has 0 aliphatic carbocycles. The van der Waals surface area contributed by atoms with Crippen LogP contribution < -0.4 is 0 Å². The second kappa shape index (κ2) is 7.75. The highest BCUT2D eigenvalue weighted by Crippen LogP contribution is 2.21. The highest BCUT2D eigenvalue weighted by molar-refractivity contribution is 5.69. The molecule has 0 unspecified atom stereocenters. The van der Waals surface area contributed by atoms with Gasteiger partial charge in [0.05, 0.1) is 18.7 Å². The molecule has 1 fully saturated rings. The number of hydrogen-bond donors (Lipinski definition) is 1. The predicted octanol–water partition coefficient (Wildman–Crippen LogP) is 2.87. The number of hydrogen-bond acceptors (Lipinski definition) is 4. The van der Waals surface area contributed by atoms with Gasteiger partial charge in [-0.2, -0.15) is 0 Å². The van der Waals surface area contributed by atoms with Crippen LogP contribution in [-0.2, 0) is 11.3 Å². The molecule has 2 aromatic rings. The number of aliphatic hydroxyl groups is 1. The second-order valence-electron chi connectivity index (χ2n) is 5.79. The summed E-state index contributed by atoms with van der Waals surface area (Å²) in [7, 11) is 0. The van der Waals surface area contributed by atoms with E-state index in [-0.39, 0.29) is 12.6 Å². The molecule has 0 radical (unpaired) electrons. The Balaban J connectivity index is 1.62. The molecule has 1 aliphatic rings. The van der Waals surface area contributed by atoms with Gasteiger partial charge in [-0.15, -0.1) is 0 Å². The van der Waals surface area contributed by atoms with Gasteiger partial charge in [-0.25, -0.2) is 4.79 Å². The third kappa shape index (κ3) is 4.20. The van der Waals surface area contributed by atoms with E-state index < -0.39 is 12.2 Å². The number of pyridine rings is 1. The van der Waals surface area contributed by atoms with Gasteiger partial charge in [-0.3, -0.25) is 9.88 Å². The Labute approximate surface area is 141 Å². The zero-order valence-electron chi connectivity index (χ0n) is 13.3. The first-order valence-corrected chi connectivity index (χ1v) is 7.96. The quantitative estimate of drug-likeness (QED) is 0.939. The lowest BCUT2D eigenvalue weighted by atomic mass is 10.1. The van der Waals surface area contributed by atoms with Crippen LogP contribution in [0.1, 0.15) is 17.5 Å². The number of aromatic nitrogens is 1. The molecule has 3 rings (SSSR count). The summed E-state index contributed by atoms with van der Waals surface area (Å²) >= 11 is 0. The van der Waals surface area contributed by atoms with E-state index in [1.54, 1.807) is 17.3 Å². The molecule has 1 saturated heterocycles. The molecule has 2 heterocycles. The van der Waals surface area contributed by atoms with Crippen molar-refractivity contribution in [1.82, 2.24) is 9.88 Å². The summed E-state index contributed by atoms with van der Waals surface area (Å²) in [5.41, 5.74) is 1.94. The summed E-state index contributed by atoms with van der Waals surface area (Å²) in [5, 5.41) is 9.91. The molecule has 1 aromatic carbocycles. The number of amides is 1. The number of carbonyl (C=O) groups excluding carboxylic acids is 1. The second-order valence-corrected chi connectivity index (χ2v) is 5.79. The maximum Gasteiger partial charge on any atom is 0.410 e. The van der Waals surface area contributed by atoms with Crippen molar-refractivity contribution < 1.29 is 14.6 Å². The van der Waals surface area contributed by atoms with E-state index in [1.807, 2.05) is 54.6 Å². The maximum atomic E-state index is 12.3. The fourth-order valence-electron chi connectivity index (χ4n) is 2.73. The fourth-order valence-corrected chi connectivity index (χ4v) is 2.73. The smallest absolute Gasteiger partial charge is 0.410 e. The molecular formula is C19H20N2O3. The summed E-state index contributed by atoms with van der Waals surface area (Å²) < 4.78 is 5.37. The molecule has 1 N–H and O–H groups in total. The summed E-state index contributed by atoms with van der Waals surface area (Å²) in [6.45, 7) is 0.520. The summed E-state index contributed by atoms with van der Waals surface area (Å²) in [5.74, 6) is 0. The van der Waals surface area contributed by atoms with E-state index in [4.69, 9.17) is 4.74 Å². The third-order valence-electron chi connectivity index (χ3n) is 3.98. The number of rotatable bonds is 4. The van der Waals surface area contributed by atoms with Gasteiger partial charge in [0.15, 0.2) is 0 Å². The van der Waals surface area contributed by atoms with Crippen LogP contribution in [0.2, 0.25) is 0 Å². The number of β-amino-alcohol motifs (C(OH)–C–C–N with tert-alkyl or cyclic N) is 1. The molecule has 24 heavy (non-hydrogen) atoms. The number of benzene rings is 1. The average Bonchev–Trinajstić information content (AvgIpc) is 3.00. The van der Waals surface area contributed by atoms with E-state index in [9.17, 15) is 9.90 Å². The number of carbonyl (C=O) groups is 1. The van der Waals surface area contributed by atoms with E-state index in [2.05, 4.69) is 4.98 Å². The topological polar surface area (TPSA) is 62.7 Å². The molecule has 0 spiro atoms. The number of ether oxygens (including phenoxy) is 1. The Hall–Kier alpha value is -2.66. The molecular weight excluding hydrogens is 304 g/mol. The Morgan fingerprint density at radius 1 is 1.25 bits per heavy atom. The average molecular weight is 324 g/mol. The van der Waals surface area contributed by atoms with Crippen molar-refractivity contribution in [3.8, 4) is 0 Å². The van der Waals surface area contributed by atoms with Gasteiger partial charge < -0.3 is 9.84 Å². The lowest BCUT2D eigenvalue weighted by Gasteiger charge is -2.21. The highest BCUT2D eigenvalue weighted by Gasteiger charge is 2.33. The van der Waals surface area contributed by atoms with Gasteiger partial charge in [0.25, 0.3) is 0 Å². The molecule has 2 atom stereocenters. The van der Waals surface area contributed by atoms with E-state index in [0.29, 0.717) is 13.0 Å². The van der Waals surface area contributed by atoms with Crippen molar-refractivity contribution in [2.24, 2.45) is 0 Å². The Morgan fingerprint density at radius 3 is 2.75 bits per heavy atom. The van der Waals surface area contributed by atoms with Gasteiger partial charge in [-0.05, 0) is 29.7 Å². The Bertz CT molecular complexity index is 688. The highest BCUT2D eigenvalue weighted by atomic mass is 16.6. The van der Waals surface area contributed by atoms with Gasteiger partial charge >= 0.3 is 6.09 Å². The lowest BCUT2D eigenvalue weighted by Crippen LogP contribution is -2.35. The first-order valence-electron chi connectivity index (χ1n) is 7.96. The molecule has 1 amide bonds. The van der Waals surface area contributed by atoms with Crippen molar-refractivity contribution in [3.05, 3.63) is 72.1 Å². The first kappa shape index (κ1) is 16.2. The van der Waals surface area contributed by atoms with Crippen LogP contribution in [0.15, 0.2) is 60.9 Å². The van der Waals surface area contributed by atoms with Crippen LogP contribution in [0.3, 0.4) is 0 Å². The van der Waals surface area contributed by atoms with Crippen LogP contribution >= 0.6 is 0 Å². The minimum absolute atomic E-state index is 0.170. The number of aliphatic hydroxyl groups excluding tert-OH is 1. The lowest BCUT2D eigenvalue weighted by molar-refractivity contribution is 0.0920. The largest absolute Gasteiger partial charge is 0.445 e. The van der Waals surface area contributed by atoms with Crippen molar-refractivity contribution in [2.45, 2.75) is 25.2 Å². The van der Waals surface area contributed by atoms with Crippen molar-refractivity contribution in [1.29, 1.82) is 0 Å². The molecule has 5 heteroatoms. The maximum absolute atomic E-state index is 12.3. The normalized spacial score (nSPS) is 20.5. The molecule has 1 aliphatic heterocycles. The molecule has 0 bridgehead atoms. The van der Waals surface area contributed by atoms with Crippen LogP contribution in [0, 0.1) is 0 Å². The predicted molar refractivity (Wildman–Crippen MR) is 91.0 cm³/mol. The van der Waals surface area contributed by atoms with E-state index in [0.717, 1.165) is 11.1 Å². The van der Waals surface area contributed by atoms with Crippen molar-refractivity contribution in [2.75, 3.05) is 6.54 Å².